The molecule has 4 heteroatoms. The van der Waals surface area contributed by atoms with Gasteiger partial charge in [-0.15, -0.1) is 6.58 Å². The Labute approximate surface area is 223 Å². The lowest BCUT2D eigenvalue weighted by atomic mass is 9.54. The van der Waals surface area contributed by atoms with E-state index in [9.17, 15) is 0 Å². The number of nitrogens with zero attached hydrogens (tertiary/aromatic N) is 4. The van der Waals surface area contributed by atoms with E-state index < -0.39 is 0 Å². The number of allylic oxidation sites excluding steroid dienone is 1. The van der Waals surface area contributed by atoms with Crippen LogP contribution in [0.4, 0.5) is 17.2 Å². The van der Waals surface area contributed by atoms with Gasteiger partial charge in [0, 0.05) is 29.1 Å². The third-order valence-corrected chi connectivity index (χ3v) is 9.43. The fourth-order valence-corrected chi connectivity index (χ4v) is 7.30. The molecule has 0 bridgehead atoms. The zero-order valence-corrected chi connectivity index (χ0v) is 23.8. The van der Waals surface area contributed by atoms with Crippen LogP contribution in [-0.4, -0.2) is 23.2 Å². The van der Waals surface area contributed by atoms with E-state index in [-0.39, 0.29) is 17.0 Å². The van der Waals surface area contributed by atoms with Gasteiger partial charge in [-0.05, 0) is 47.4 Å². The third kappa shape index (κ3) is 3.34. The van der Waals surface area contributed by atoms with Gasteiger partial charge in [0.05, 0.1) is 6.20 Å². The topological polar surface area (TPSA) is 32.3 Å². The Morgan fingerprint density at radius 1 is 0.946 bits per heavy atom. The largest absolute Gasteiger partial charge is 0.336 e. The quantitative estimate of drug-likeness (QED) is 0.321. The first-order valence-corrected chi connectivity index (χ1v) is 13.9. The van der Waals surface area contributed by atoms with Crippen LogP contribution in [0.3, 0.4) is 0 Å². The summed E-state index contributed by atoms with van der Waals surface area (Å²) in [6.07, 6.45) is 6.43. The van der Waals surface area contributed by atoms with Gasteiger partial charge in [-0.2, -0.15) is 0 Å². The molecular formula is C33H42N4. The summed E-state index contributed by atoms with van der Waals surface area (Å²) in [7, 11) is 2.21. The number of fused-ring (bicyclic) bond motifs is 5. The zero-order valence-electron chi connectivity index (χ0n) is 23.8. The van der Waals surface area contributed by atoms with Crippen molar-refractivity contribution in [1.29, 1.82) is 0 Å². The van der Waals surface area contributed by atoms with Crippen LogP contribution in [0.1, 0.15) is 89.8 Å². The van der Waals surface area contributed by atoms with Gasteiger partial charge in [-0.3, -0.25) is 0 Å². The summed E-state index contributed by atoms with van der Waals surface area (Å²) in [4.78, 5) is 15.3. The predicted octanol–water partition coefficient (Wildman–Crippen LogP) is 8.57. The molecule has 3 heterocycles. The van der Waals surface area contributed by atoms with E-state index in [0.29, 0.717) is 11.8 Å². The van der Waals surface area contributed by atoms with Crippen molar-refractivity contribution in [2.75, 3.05) is 16.8 Å². The molecule has 2 aliphatic heterocycles. The van der Waals surface area contributed by atoms with Crippen molar-refractivity contribution >= 4 is 17.2 Å². The Kier molecular flexibility index (Phi) is 6.21. The van der Waals surface area contributed by atoms with Crippen LogP contribution in [0, 0.1) is 5.41 Å². The maximum Gasteiger partial charge on any atom is 0.162 e. The monoisotopic (exact) mass is 494 g/mol. The van der Waals surface area contributed by atoms with Crippen molar-refractivity contribution in [3.63, 3.8) is 0 Å². The number of para-hydroxylation sites is 1. The fourth-order valence-electron chi connectivity index (χ4n) is 7.30. The lowest BCUT2D eigenvalue weighted by molar-refractivity contribution is 0.117. The highest BCUT2D eigenvalue weighted by molar-refractivity contribution is 5.86. The second kappa shape index (κ2) is 9.01. The fraction of sp³-hybridized carbons (Fsp3) is 0.455. The molecule has 37 heavy (non-hydrogen) atoms. The van der Waals surface area contributed by atoms with Crippen molar-refractivity contribution in [1.82, 2.24) is 9.97 Å². The molecule has 3 unspecified atom stereocenters. The highest BCUT2D eigenvalue weighted by Gasteiger charge is 2.60. The summed E-state index contributed by atoms with van der Waals surface area (Å²) in [5, 5.41) is 0. The number of hydrogen-bond donors (Lipinski definition) is 0. The first-order valence-electron chi connectivity index (χ1n) is 13.9. The Bertz CT molecular complexity index is 1320. The molecule has 2 aromatic carbocycles. The molecule has 0 amide bonds. The first kappa shape index (κ1) is 25.5. The summed E-state index contributed by atoms with van der Waals surface area (Å²) in [5.41, 5.74) is 7.28. The minimum absolute atomic E-state index is 0.0770. The third-order valence-electron chi connectivity index (χ3n) is 9.43. The molecule has 194 valence electrons. The summed E-state index contributed by atoms with van der Waals surface area (Å²) in [6, 6.07) is 15.5. The van der Waals surface area contributed by atoms with Crippen molar-refractivity contribution in [3.8, 4) is 11.4 Å². The SMILES string of the molecule is C=CC1(CC)c2ccccc2N2c3cnc(-c4c(C(C)C)cccc4C(C)C)nc3N(C)C2C1(C)CC. The van der Waals surface area contributed by atoms with Crippen LogP contribution in [0.2, 0.25) is 0 Å². The second-order valence-electron chi connectivity index (χ2n) is 11.7. The summed E-state index contributed by atoms with van der Waals surface area (Å²) in [5.74, 6) is 2.62. The zero-order chi connectivity index (χ0) is 26.7. The van der Waals surface area contributed by atoms with Crippen molar-refractivity contribution in [2.24, 2.45) is 5.41 Å². The summed E-state index contributed by atoms with van der Waals surface area (Å²) >= 11 is 0. The summed E-state index contributed by atoms with van der Waals surface area (Å²) < 4.78 is 0. The van der Waals surface area contributed by atoms with Crippen LogP contribution in [0.25, 0.3) is 11.4 Å². The molecule has 0 radical (unpaired) electrons. The lowest BCUT2D eigenvalue weighted by Crippen LogP contribution is -2.62. The molecule has 3 aromatic rings. The second-order valence-corrected chi connectivity index (χ2v) is 11.7. The van der Waals surface area contributed by atoms with E-state index in [4.69, 9.17) is 9.97 Å². The van der Waals surface area contributed by atoms with Gasteiger partial charge in [0.1, 0.15) is 11.9 Å². The van der Waals surface area contributed by atoms with Gasteiger partial charge in [-0.1, -0.05) is 90.9 Å². The molecule has 0 fully saturated rings. The van der Waals surface area contributed by atoms with E-state index in [1.54, 1.807) is 0 Å². The average Bonchev–Trinajstić information content (AvgIpc) is 3.21. The van der Waals surface area contributed by atoms with Gasteiger partial charge in [0.25, 0.3) is 0 Å². The van der Waals surface area contributed by atoms with Gasteiger partial charge < -0.3 is 9.80 Å². The van der Waals surface area contributed by atoms with E-state index in [2.05, 4.69) is 127 Å². The van der Waals surface area contributed by atoms with E-state index in [0.717, 1.165) is 30.2 Å². The maximum absolute atomic E-state index is 5.33. The van der Waals surface area contributed by atoms with Gasteiger partial charge in [0.15, 0.2) is 11.6 Å². The number of anilines is 3. The molecular weight excluding hydrogens is 452 g/mol. The first-order chi connectivity index (χ1) is 17.7. The molecule has 0 spiro atoms. The maximum atomic E-state index is 5.33. The Morgan fingerprint density at radius 3 is 2.16 bits per heavy atom. The van der Waals surface area contributed by atoms with Crippen molar-refractivity contribution < 1.29 is 0 Å². The molecule has 0 N–H and O–H groups in total. The molecule has 2 aliphatic rings. The Hall–Kier alpha value is -3.14. The molecule has 5 rings (SSSR count). The number of benzene rings is 2. The predicted molar refractivity (Wildman–Crippen MR) is 157 cm³/mol. The average molecular weight is 495 g/mol. The molecule has 0 saturated heterocycles. The van der Waals surface area contributed by atoms with Crippen LogP contribution >= 0.6 is 0 Å². The highest BCUT2D eigenvalue weighted by atomic mass is 15.5. The highest BCUT2D eigenvalue weighted by Crippen LogP contribution is 2.63. The normalized spacial score (nSPS) is 24.3. The van der Waals surface area contributed by atoms with Gasteiger partial charge in [-0.25, -0.2) is 9.97 Å². The van der Waals surface area contributed by atoms with Crippen LogP contribution in [-0.2, 0) is 5.41 Å². The smallest absolute Gasteiger partial charge is 0.162 e. The minimum atomic E-state index is -0.138. The number of rotatable bonds is 6. The van der Waals surface area contributed by atoms with E-state index in [1.165, 1.54) is 27.9 Å². The van der Waals surface area contributed by atoms with Crippen LogP contribution in [0.5, 0.6) is 0 Å². The van der Waals surface area contributed by atoms with Crippen LogP contribution < -0.4 is 9.80 Å². The Morgan fingerprint density at radius 2 is 1.59 bits per heavy atom. The minimum Gasteiger partial charge on any atom is -0.336 e. The number of aromatic nitrogens is 2. The van der Waals surface area contributed by atoms with Crippen molar-refractivity contribution in [2.45, 2.75) is 84.7 Å². The van der Waals surface area contributed by atoms with Gasteiger partial charge >= 0.3 is 0 Å². The standard InChI is InChI=1S/C33H42N4/c1-10-32(8)31-36(9)30-27(37(31)26-19-14-13-18-25(26)33(32,11-2)12-3)20-34-29(35-30)28-23(21(4)5)16-15-17-24(28)22(6)7/h11,13-22,31H,2,10,12H2,1,3-9H3. The molecule has 0 aliphatic carbocycles. The van der Waals surface area contributed by atoms with Gasteiger partial charge in [0.2, 0.25) is 0 Å². The molecule has 0 saturated carbocycles. The lowest BCUT2D eigenvalue weighted by Gasteiger charge is -2.58. The molecule has 4 nitrogen and oxygen atoms in total. The Balaban J connectivity index is 1.76. The molecule has 3 atom stereocenters. The van der Waals surface area contributed by atoms with E-state index >= 15 is 0 Å². The number of hydrogen-bond acceptors (Lipinski definition) is 4. The van der Waals surface area contributed by atoms with Crippen LogP contribution in [0.15, 0.2) is 61.3 Å². The van der Waals surface area contributed by atoms with Crippen molar-refractivity contribution in [3.05, 3.63) is 78.0 Å². The molecule has 1 aromatic heterocycles. The van der Waals surface area contributed by atoms with E-state index in [1.807, 2.05) is 0 Å². The summed E-state index contributed by atoms with van der Waals surface area (Å²) in [6.45, 7) is 20.5.